The molecule has 2 aromatic rings. The Labute approximate surface area is 409 Å². The number of amides is 2. The van der Waals surface area contributed by atoms with Crippen LogP contribution in [0, 0.1) is 5.41 Å². The van der Waals surface area contributed by atoms with Gasteiger partial charge in [-0.05, 0) is 38.2 Å². The van der Waals surface area contributed by atoms with Crippen molar-refractivity contribution in [1.29, 1.82) is 0 Å². The molecule has 392 valence electrons. The highest BCUT2D eigenvalue weighted by Gasteiger charge is 2.50. The molecular formula is C41H64N7O18P3S. The quantitative estimate of drug-likeness (QED) is 0.0160. The summed E-state index contributed by atoms with van der Waals surface area (Å²) in [5, 5.41) is 26.5. The van der Waals surface area contributed by atoms with E-state index in [0.717, 1.165) is 67.5 Å². The van der Waals surface area contributed by atoms with Crippen LogP contribution in [0.5, 0.6) is 0 Å². The molecule has 3 rings (SSSR count). The molecule has 10 N–H and O–H groups in total. The minimum absolute atomic E-state index is 0.0111. The Morgan fingerprint density at radius 1 is 0.914 bits per heavy atom. The first-order valence-electron chi connectivity index (χ1n) is 22.2. The molecule has 0 spiro atoms. The zero-order valence-corrected chi connectivity index (χ0v) is 42.5. The van der Waals surface area contributed by atoms with E-state index in [2.05, 4.69) is 41.3 Å². The van der Waals surface area contributed by atoms with E-state index in [0.29, 0.717) is 25.0 Å². The van der Waals surface area contributed by atoms with Gasteiger partial charge in [0.05, 0.1) is 19.5 Å². The summed E-state index contributed by atoms with van der Waals surface area (Å²) in [4.78, 5) is 100. The average molecular weight is 1070 g/mol. The van der Waals surface area contributed by atoms with E-state index >= 15 is 0 Å². The van der Waals surface area contributed by atoms with Gasteiger partial charge in [-0.1, -0.05) is 87.9 Å². The number of nitrogen functional groups attached to an aromatic ring is 1. The predicted octanol–water partition coefficient (Wildman–Crippen LogP) is 3.99. The molecular weight excluding hydrogens is 1000 g/mol. The fourth-order valence-corrected chi connectivity index (χ4v) is 9.80. The molecule has 0 radical (unpaired) electrons. The maximum absolute atomic E-state index is 12.7. The van der Waals surface area contributed by atoms with Crippen LogP contribution in [0.2, 0.25) is 0 Å². The number of aliphatic hydroxyl groups is 2. The number of imidazole rings is 1. The molecule has 3 heterocycles. The summed E-state index contributed by atoms with van der Waals surface area (Å²) in [7, 11) is -16.4. The molecule has 29 heteroatoms. The molecule has 0 bridgehead atoms. The lowest BCUT2D eigenvalue weighted by Gasteiger charge is -2.30. The van der Waals surface area contributed by atoms with Gasteiger partial charge in [0.2, 0.25) is 11.8 Å². The second-order valence-electron chi connectivity index (χ2n) is 16.3. The molecule has 1 fully saturated rings. The number of carbonyl (C=O) groups is 4. The van der Waals surface area contributed by atoms with Gasteiger partial charge in [0.15, 0.2) is 28.6 Å². The highest BCUT2D eigenvalue weighted by Crippen LogP contribution is 2.61. The van der Waals surface area contributed by atoms with Crippen LogP contribution in [0.3, 0.4) is 0 Å². The lowest BCUT2D eigenvalue weighted by atomic mass is 9.87. The Bertz CT molecular complexity index is 2310. The minimum atomic E-state index is -5.59. The summed E-state index contributed by atoms with van der Waals surface area (Å²) in [6, 6.07) is 0. The summed E-state index contributed by atoms with van der Waals surface area (Å²) < 4.78 is 62.4. The van der Waals surface area contributed by atoms with Crippen LogP contribution in [-0.2, 0) is 55.5 Å². The molecule has 25 nitrogen and oxygen atoms in total. The Morgan fingerprint density at radius 2 is 1.61 bits per heavy atom. The smallest absolute Gasteiger partial charge is 0.386 e. The van der Waals surface area contributed by atoms with E-state index < -0.39 is 84.6 Å². The van der Waals surface area contributed by atoms with E-state index in [1.807, 2.05) is 36.5 Å². The highest BCUT2D eigenvalue weighted by atomic mass is 32.2. The molecule has 7 atom stereocenters. The third kappa shape index (κ3) is 22.3. The van der Waals surface area contributed by atoms with Crippen LogP contribution in [0.25, 0.3) is 11.2 Å². The number of allylic oxidation sites excluding steroid dienone is 8. The van der Waals surface area contributed by atoms with Crippen molar-refractivity contribution in [1.82, 2.24) is 30.2 Å². The van der Waals surface area contributed by atoms with Crippen LogP contribution < -0.4 is 16.4 Å². The zero-order valence-electron chi connectivity index (χ0n) is 39.0. The van der Waals surface area contributed by atoms with Crippen LogP contribution >= 0.6 is 35.2 Å². The van der Waals surface area contributed by atoms with Gasteiger partial charge in [-0.15, -0.1) is 0 Å². The normalized spacial score (nSPS) is 20.1. The molecule has 1 aliphatic rings. The van der Waals surface area contributed by atoms with Crippen molar-refractivity contribution in [3.8, 4) is 0 Å². The third-order valence-corrected chi connectivity index (χ3v) is 14.0. The Hall–Kier alpha value is -3.81. The number of unbranched alkanes of at least 4 members (excludes halogenated alkanes) is 3. The summed E-state index contributed by atoms with van der Waals surface area (Å²) in [6.07, 6.45) is 15.4. The summed E-state index contributed by atoms with van der Waals surface area (Å²) in [6.45, 7) is 2.56. The lowest BCUT2D eigenvalue weighted by Crippen LogP contribution is -2.46. The summed E-state index contributed by atoms with van der Waals surface area (Å²) >= 11 is 1.09. The Kier molecular flexibility index (Phi) is 25.6. The minimum Gasteiger partial charge on any atom is -0.386 e. The topological polar surface area (TPSA) is 381 Å². The monoisotopic (exact) mass is 1070 g/mol. The van der Waals surface area contributed by atoms with E-state index in [9.17, 15) is 62.7 Å². The Balaban J connectivity index is 1.30. The van der Waals surface area contributed by atoms with Gasteiger partial charge in [0.25, 0.3) is 0 Å². The van der Waals surface area contributed by atoms with Gasteiger partial charge < -0.3 is 50.9 Å². The van der Waals surface area contributed by atoms with Gasteiger partial charge in [-0.2, -0.15) is 4.31 Å². The number of hydrogen-bond acceptors (Lipinski definition) is 19. The summed E-state index contributed by atoms with van der Waals surface area (Å²) in [5.74, 6) is -0.985. The zero-order chi connectivity index (χ0) is 52.0. The van der Waals surface area contributed by atoms with Crippen molar-refractivity contribution in [2.45, 2.75) is 116 Å². The van der Waals surface area contributed by atoms with Crippen molar-refractivity contribution in [2.75, 3.05) is 37.8 Å². The molecule has 1 aliphatic heterocycles. The molecule has 1 saturated heterocycles. The van der Waals surface area contributed by atoms with E-state index in [1.54, 1.807) is 12.2 Å². The molecule has 0 aliphatic carbocycles. The second kappa shape index (κ2) is 29.6. The molecule has 0 aromatic carbocycles. The summed E-state index contributed by atoms with van der Waals surface area (Å²) in [5.41, 5.74) is 4.26. The number of aromatic nitrogens is 4. The number of ketones is 1. The Morgan fingerprint density at radius 3 is 2.33 bits per heavy atom. The van der Waals surface area contributed by atoms with Crippen LogP contribution in [0.4, 0.5) is 5.82 Å². The SMILES string of the molecule is CCCCCC(=O)/C=C/C=C\C/C=C\C/C=C\CCCC(=O)SCCNC(=O)CCNC(=O)[C@H](O)C(C)(C)COP(=O)(O)OP(=O)(O)OC[C@H]1O[C@@H](n2cnc3c(N)ncnc32)[C@H](O)[C@@H]1OP(=O)(O)O. The van der Waals surface area contributed by atoms with Crippen molar-refractivity contribution < 1.29 is 85.3 Å². The first kappa shape index (κ1) is 60.5. The number of phosphoric acid groups is 3. The van der Waals surface area contributed by atoms with Crippen LogP contribution in [-0.4, -0.2) is 128 Å². The van der Waals surface area contributed by atoms with Gasteiger partial charge in [-0.25, -0.2) is 28.6 Å². The number of nitrogens with one attached hydrogen (secondary N) is 2. The van der Waals surface area contributed by atoms with Gasteiger partial charge in [0.1, 0.15) is 36.3 Å². The number of hydrogen-bond donors (Lipinski definition) is 9. The molecule has 2 aromatic heterocycles. The van der Waals surface area contributed by atoms with E-state index in [4.69, 9.17) is 19.5 Å². The maximum atomic E-state index is 12.7. The second-order valence-corrected chi connectivity index (χ2v) is 21.7. The molecule has 2 unspecified atom stereocenters. The average Bonchev–Trinajstić information content (AvgIpc) is 3.84. The third-order valence-electron chi connectivity index (χ3n) is 9.95. The molecule has 2 amide bonds. The first-order valence-corrected chi connectivity index (χ1v) is 27.7. The van der Waals surface area contributed by atoms with Gasteiger partial charge in [-0.3, -0.25) is 37.3 Å². The predicted molar refractivity (Wildman–Crippen MR) is 256 cm³/mol. The van der Waals surface area contributed by atoms with Crippen molar-refractivity contribution in [3.63, 3.8) is 0 Å². The van der Waals surface area contributed by atoms with Crippen molar-refractivity contribution in [2.24, 2.45) is 5.41 Å². The number of anilines is 1. The largest absolute Gasteiger partial charge is 0.481 e. The number of nitrogens with two attached hydrogens (primary N) is 1. The maximum Gasteiger partial charge on any atom is 0.481 e. The first-order chi connectivity index (χ1) is 32.9. The fourth-order valence-electron chi connectivity index (χ4n) is 6.25. The number of rotatable bonds is 33. The standard InChI is InChI=1S/C41H64N7O18P3S/c1-4-5-15-18-29(49)19-16-13-11-9-7-6-8-10-12-14-17-20-32(51)70-24-23-43-31(50)21-22-44-39(54)36(53)41(2,3)26-63-69(60,61)66-68(58,59)62-25-30-35(65-67(55,56)57)34(52)40(64-30)48-28-47-33-37(42)45-27-46-38(33)48/h6-7,10-13,16,19,27-28,30,34-36,40,52-53H,4-5,8-9,14-15,17-18,20-26H2,1-3H3,(H,43,50)(H,44,54)(H,58,59)(H,60,61)(H2,42,45,46)(H2,55,56,57)/b7-6-,12-10-,13-11-,19-16+/t30-,34-,35-,36+,40-/m1/s1. The number of thioether (sulfide) groups is 1. The van der Waals surface area contributed by atoms with Crippen LogP contribution in [0.15, 0.2) is 61.3 Å². The van der Waals surface area contributed by atoms with Crippen molar-refractivity contribution in [3.05, 3.63) is 61.3 Å². The van der Waals surface area contributed by atoms with Gasteiger partial charge >= 0.3 is 23.5 Å². The number of carbonyl (C=O) groups excluding carboxylic acids is 4. The number of phosphoric ester groups is 3. The molecule has 70 heavy (non-hydrogen) atoms. The number of ether oxygens (including phenoxy) is 1. The number of fused-ring (bicyclic) bond motifs is 1. The molecule has 0 saturated carbocycles. The lowest BCUT2D eigenvalue weighted by molar-refractivity contribution is -0.137. The fraction of sp³-hybridized carbons (Fsp3) is 0.585. The highest BCUT2D eigenvalue weighted by molar-refractivity contribution is 8.13. The van der Waals surface area contributed by atoms with Gasteiger partial charge in [0, 0.05) is 43.5 Å². The number of aliphatic hydroxyl groups excluding tert-OH is 2. The van der Waals surface area contributed by atoms with E-state index in [1.165, 1.54) is 13.8 Å². The van der Waals surface area contributed by atoms with E-state index in [-0.39, 0.29) is 47.4 Å². The van der Waals surface area contributed by atoms with Crippen LogP contribution in [0.1, 0.15) is 91.2 Å². The number of nitrogens with zero attached hydrogens (tertiary/aromatic N) is 4. The van der Waals surface area contributed by atoms with Crippen molar-refractivity contribution >= 4 is 74.9 Å².